The minimum Gasteiger partial charge on any atom is -0.497 e. The first-order valence-corrected chi connectivity index (χ1v) is 6.58. The van der Waals surface area contributed by atoms with Crippen molar-refractivity contribution < 1.29 is 9.15 Å². The zero-order chi connectivity index (χ0) is 12.3. The number of ether oxygens (including phenoxy) is 1. The van der Waals surface area contributed by atoms with Gasteiger partial charge in [0, 0.05) is 10.5 Å². The fraction of sp³-hybridized carbons (Fsp3) is 0.167. The lowest BCUT2D eigenvalue weighted by Gasteiger charge is -2.09. The van der Waals surface area contributed by atoms with E-state index in [-0.39, 0.29) is 0 Å². The molecule has 3 nitrogen and oxygen atoms in total. The van der Waals surface area contributed by atoms with Gasteiger partial charge in [-0.05, 0) is 50.1 Å². The molecule has 0 spiro atoms. The Morgan fingerprint density at radius 3 is 2.71 bits per heavy atom. The number of hydrogen-bond donors (Lipinski definition) is 1. The second-order valence-electron chi connectivity index (χ2n) is 3.39. The van der Waals surface area contributed by atoms with Gasteiger partial charge < -0.3 is 14.5 Å². The standard InChI is InChI=1S/C12H11Br2NO2/c1-16-8-2-3-9(13)11(6-8)15-7-12-10(14)4-5-17-12/h2-6,15H,7H2,1H3. The molecule has 5 heteroatoms. The van der Waals surface area contributed by atoms with Crippen molar-refractivity contribution in [1.82, 2.24) is 0 Å². The van der Waals surface area contributed by atoms with E-state index in [0.717, 1.165) is 26.1 Å². The molecule has 1 aromatic carbocycles. The average Bonchev–Trinajstić information content (AvgIpc) is 2.74. The van der Waals surface area contributed by atoms with Crippen LogP contribution in [0.3, 0.4) is 0 Å². The zero-order valence-electron chi connectivity index (χ0n) is 9.17. The number of halogens is 2. The van der Waals surface area contributed by atoms with E-state index >= 15 is 0 Å². The van der Waals surface area contributed by atoms with Gasteiger partial charge in [0.05, 0.1) is 30.1 Å². The molecule has 1 aromatic heterocycles. The van der Waals surface area contributed by atoms with Crippen LogP contribution in [0.5, 0.6) is 5.75 Å². The van der Waals surface area contributed by atoms with Gasteiger partial charge in [0.1, 0.15) is 11.5 Å². The lowest BCUT2D eigenvalue weighted by atomic mass is 10.3. The average molecular weight is 361 g/mol. The maximum Gasteiger partial charge on any atom is 0.136 e. The number of rotatable bonds is 4. The monoisotopic (exact) mass is 359 g/mol. The van der Waals surface area contributed by atoms with Crippen molar-refractivity contribution in [3.8, 4) is 5.75 Å². The molecule has 0 bridgehead atoms. The van der Waals surface area contributed by atoms with Gasteiger partial charge in [-0.2, -0.15) is 0 Å². The van der Waals surface area contributed by atoms with Crippen LogP contribution in [0.1, 0.15) is 5.76 Å². The maximum absolute atomic E-state index is 5.33. The van der Waals surface area contributed by atoms with Gasteiger partial charge in [-0.25, -0.2) is 0 Å². The molecule has 0 radical (unpaired) electrons. The molecule has 90 valence electrons. The number of nitrogens with one attached hydrogen (secondary N) is 1. The van der Waals surface area contributed by atoms with Crippen LogP contribution in [0.25, 0.3) is 0 Å². The Balaban J connectivity index is 2.11. The highest BCUT2D eigenvalue weighted by molar-refractivity contribution is 9.10. The molecule has 1 heterocycles. The highest BCUT2D eigenvalue weighted by Crippen LogP contribution is 2.28. The second-order valence-corrected chi connectivity index (χ2v) is 5.10. The van der Waals surface area contributed by atoms with Crippen LogP contribution in [0.4, 0.5) is 5.69 Å². The van der Waals surface area contributed by atoms with Crippen molar-refractivity contribution in [1.29, 1.82) is 0 Å². The fourth-order valence-electron chi connectivity index (χ4n) is 1.39. The second kappa shape index (κ2) is 5.60. The van der Waals surface area contributed by atoms with E-state index in [9.17, 15) is 0 Å². The number of hydrogen-bond acceptors (Lipinski definition) is 3. The molecule has 0 aliphatic heterocycles. The third kappa shape index (κ3) is 3.04. The smallest absolute Gasteiger partial charge is 0.136 e. The van der Waals surface area contributed by atoms with E-state index in [2.05, 4.69) is 37.2 Å². The molecule has 0 saturated carbocycles. The van der Waals surface area contributed by atoms with Crippen LogP contribution >= 0.6 is 31.9 Å². The molecule has 0 aliphatic carbocycles. The Hall–Kier alpha value is -0.940. The van der Waals surface area contributed by atoms with E-state index in [1.165, 1.54) is 0 Å². The lowest BCUT2D eigenvalue weighted by Crippen LogP contribution is -1.99. The normalized spacial score (nSPS) is 10.3. The summed E-state index contributed by atoms with van der Waals surface area (Å²) in [6, 6.07) is 7.65. The molecular weight excluding hydrogens is 350 g/mol. The van der Waals surface area contributed by atoms with E-state index in [4.69, 9.17) is 9.15 Å². The number of benzene rings is 1. The summed E-state index contributed by atoms with van der Waals surface area (Å²) in [6.45, 7) is 0.610. The zero-order valence-corrected chi connectivity index (χ0v) is 12.3. The molecular formula is C12H11Br2NO2. The number of furan rings is 1. The van der Waals surface area contributed by atoms with Gasteiger partial charge in [0.2, 0.25) is 0 Å². The Morgan fingerprint density at radius 1 is 1.24 bits per heavy atom. The van der Waals surface area contributed by atoms with E-state index in [1.807, 2.05) is 24.3 Å². The predicted molar refractivity (Wildman–Crippen MR) is 74.4 cm³/mol. The van der Waals surface area contributed by atoms with Crippen molar-refractivity contribution >= 4 is 37.5 Å². The van der Waals surface area contributed by atoms with Gasteiger partial charge in [-0.3, -0.25) is 0 Å². The molecule has 2 aromatic rings. The van der Waals surface area contributed by atoms with Crippen molar-refractivity contribution in [2.75, 3.05) is 12.4 Å². The first kappa shape index (κ1) is 12.5. The van der Waals surface area contributed by atoms with Gasteiger partial charge in [-0.1, -0.05) is 0 Å². The minimum atomic E-state index is 0.610. The highest BCUT2D eigenvalue weighted by Gasteiger charge is 2.05. The third-order valence-corrected chi connectivity index (χ3v) is 3.70. The van der Waals surface area contributed by atoms with Crippen LogP contribution in [0.2, 0.25) is 0 Å². The SMILES string of the molecule is COc1ccc(Br)c(NCc2occc2Br)c1. The lowest BCUT2D eigenvalue weighted by molar-refractivity contribution is 0.415. The summed E-state index contributed by atoms with van der Waals surface area (Å²) in [6.07, 6.45) is 1.65. The number of methoxy groups -OCH3 is 1. The molecule has 0 saturated heterocycles. The molecule has 0 fully saturated rings. The van der Waals surface area contributed by atoms with Gasteiger partial charge in [0.25, 0.3) is 0 Å². The summed E-state index contributed by atoms with van der Waals surface area (Å²) in [4.78, 5) is 0. The van der Waals surface area contributed by atoms with Gasteiger partial charge in [0.15, 0.2) is 0 Å². The maximum atomic E-state index is 5.33. The highest BCUT2D eigenvalue weighted by atomic mass is 79.9. The Labute approximate surface area is 116 Å². The summed E-state index contributed by atoms with van der Waals surface area (Å²) in [5, 5.41) is 3.28. The minimum absolute atomic E-state index is 0.610. The molecule has 2 rings (SSSR count). The first-order chi connectivity index (χ1) is 8.20. The van der Waals surface area contributed by atoms with Crippen molar-refractivity contribution in [3.05, 3.63) is 45.2 Å². The molecule has 0 aliphatic rings. The van der Waals surface area contributed by atoms with Crippen LogP contribution in [0, 0.1) is 0 Å². The summed E-state index contributed by atoms with van der Waals surface area (Å²) < 4.78 is 12.5. The van der Waals surface area contributed by atoms with Crippen LogP contribution < -0.4 is 10.1 Å². The van der Waals surface area contributed by atoms with Crippen molar-refractivity contribution in [3.63, 3.8) is 0 Å². The third-order valence-electron chi connectivity index (χ3n) is 2.30. The summed E-state index contributed by atoms with van der Waals surface area (Å²) >= 11 is 6.90. The van der Waals surface area contributed by atoms with Crippen LogP contribution in [-0.2, 0) is 6.54 Å². The van der Waals surface area contributed by atoms with E-state index < -0.39 is 0 Å². The van der Waals surface area contributed by atoms with E-state index in [1.54, 1.807) is 13.4 Å². The Bertz CT molecular complexity index is 511. The quantitative estimate of drug-likeness (QED) is 0.875. The Morgan fingerprint density at radius 2 is 2.06 bits per heavy atom. The largest absolute Gasteiger partial charge is 0.497 e. The molecule has 0 unspecified atom stereocenters. The molecule has 0 atom stereocenters. The Kier molecular flexibility index (Phi) is 4.12. The van der Waals surface area contributed by atoms with E-state index in [0.29, 0.717) is 6.54 Å². The van der Waals surface area contributed by atoms with Gasteiger partial charge in [-0.15, -0.1) is 0 Å². The predicted octanol–water partition coefficient (Wildman–Crippen LogP) is 4.43. The topological polar surface area (TPSA) is 34.4 Å². The number of anilines is 1. The fourth-order valence-corrected chi connectivity index (χ4v) is 2.12. The molecule has 0 amide bonds. The first-order valence-electron chi connectivity index (χ1n) is 5.00. The summed E-state index contributed by atoms with van der Waals surface area (Å²) in [5.41, 5.74) is 0.965. The summed E-state index contributed by atoms with van der Waals surface area (Å²) in [7, 11) is 1.65. The van der Waals surface area contributed by atoms with Crippen molar-refractivity contribution in [2.45, 2.75) is 6.54 Å². The van der Waals surface area contributed by atoms with Crippen LogP contribution in [-0.4, -0.2) is 7.11 Å². The summed E-state index contributed by atoms with van der Waals surface area (Å²) in [5.74, 6) is 1.67. The van der Waals surface area contributed by atoms with Crippen LogP contribution in [0.15, 0.2) is 43.9 Å². The molecule has 1 N–H and O–H groups in total. The van der Waals surface area contributed by atoms with Gasteiger partial charge >= 0.3 is 0 Å². The molecule has 17 heavy (non-hydrogen) atoms. The van der Waals surface area contributed by atoms with Crippen molar-refractivity contribution in [2.24, 2.45) is 0 Å².